The molecule has 0 radical (unpaired) electrons. The van der Waals surface area contributed by atoms with E-state index in [-0.39, 0.29) is 10.8 Å². The molecule has 3 heteroatoms. The molecule has 0 unspecified atom stereocenters. The highest BCUT2D eigenvalue weighted by atomic mass is 15.2. The summed E-state index contributed by atoms with van der Waals surface area (Å²) < 4.78 is 0. The van der Waals surface area contributed by atoms with Crippen molar-refractivity contribution in [3.63, 3.8) is 0 Å². The van der Waals surface area contributed by atoms with Gasteiger partial charge in [-0.05, 0) is 168 Å². The highest BCUT2D eigenvalue weighted by molar-refractivity contribution is 6.73. The minimum atomic E-state index is -0.145. The van der Waals surface area contributed by atoms with Crippen molar-refractivity contribution in [1.82, 2.24) is 0 Å². The normalized spacial score (nSPS) is 14.3. The Morgan fingerprint density at radius 1 is 0.377 bits per heavy atom. The second-order valence-electron chi connectivity index (χ2n) is 20.7. The van der Waals surface area contributed by atoms with Crippen molar-refractivity contribution in [3.05, 3.63) is 234 Å². The van der Waals surface area contributed by atoms with Crippen molar-refractivity contribution in [2.75, 3.05) is 10.2 Å². The lowest BCUT2D eigenvalue weighted by Gasteiger charge is -2.37. The molecule has 0 atom stereocenters. The van der Waals surface area contributed by atoms with Gasteiger partial charge in [-0.1, -0.05) is 179 Å². The smallest absolute Gasteiger partial charge is 0.198 e. The van der Waals surface area contributed by atoms with Crippen LogP contribution in [-0.4, -0.2) is 7.28 Å². The van der Waals surface area contributed by atoms with Crippen molar-refractivity contribution in [2.45, 2.75) is 52.4 Å². The fourth-order valence-corrected chi connectivity index (χ4v) is 12.3. The molecular weight excluding hydrogens is 832 g/mol. The lowest BCUT2D eigenvalue weighted by molar-refractivity contribution is 0.660. The summed E-state index contributed by atoms with van der Waals surface area (Å²) in [6, 6.07) is 75.3. The van der Waals surface area contributed by atoms with Crippen LogP contribution in [0.2, 0.25) is 0 Å². The average molecular weight is 885 g/mol. The van der Waals surface area contributed by atoms with Gasteiger partial charge in [-0.2, -0.15) is 0 Å². The third kappa shape index (κ3) is 6.40. The maximum absolute atomic E-state index is 4.06. The fraction of sp³-hybridized carbons (Fsp3) is 0.121. The van der Waals surface area contributed by atoms with Crippen molar-refractivity contribution in [2.24, 2.45) is 0 Å². The number of hydrogen-bond donors (Lipinski definition) is 1. The molecule has 0 fully saturated rings. The number of fused-ring (bicyclic) bond motifs is 9. The van der Waals surface area contributed by atoms with Gasteiger partial charge in [0, 0.05) is 44.8 Å². The Kier molecular flexibility index (Phi) is 9.18. The van der Waals surface area contributed by atoms with Gasteiger partial charge < -0.3 is 10.2 Å². The van der Waals surface area contributed by atoms with Crippen molar-refractivity contribution >= 4 is 57.4 Å². The Bertz CT molecular complexity index is 3760. The van der Waals surface area contributed by atoms with E-state index in [0.717, 1.165) is 18.7 Å². The van der Waals surface area contributed by atoms with Crippen LogP contribution in [0.1, 0.15) is 61.1 Å². The van der Waals surface area contributed by atoms with Gasteiger partial charge in [-0.3, -0.25) is 0 Å². The number of anilines is 5. The molecule has 0 aromatic heterocycles. The first kappa shape index (κ1) is 41.3. The molecule has 330 valence electrons. The zero-order valence-electron chi connectivity index (χ0n) is 40.2. The lowest BCUT2D eigenvalue weighted by Crippen LogP contribution is -2.41. The van der Waals surface area contributed by atoms with Gasteiger partial charge in [0.05, 0.1) is 0 Å². The molecule has 13 rings (SSSR count). The van der Waals surface area contributed by atoms with Crippen molar-refractivity contribution in [3.8, 4) is 55.6 Å². The van der Waals surface area contributed by atoms with Crippen molar-refractivity contribution < 1.29 is 0 Å². The van der Waals surface area contributed by atoms with E-state index in [1.165, 1.54) is 128 Å². The Morgan fingerprint density at radius 3 is 1.72 bits per heavy atom. The van der Waals surface area contributed by atoms with Crippen LogP contribution in [0.5, 0.6) is 0 Å². The molecular formula is C66H53BN2. The first-order chi connectivity index (χ1) is 33.5. The Labute approximate surface area is 407 Å². The van der Waals surface area contributed by atoms with Gasteiger partial charge in [0.2, 0.25) is 0 Å². The number of nitrogens with zero attached hydrogens (tertiary/aromatic N) is 1. The summed E-state index contributed by atoms with van der Waals surface area (Å²) >= 11 is 0. The summed E-state index contributed by atoms with van der Waals surface area (Å²) in [5.74, 6) is 0. The number of benzene rings is 10. The molecule has 69 heavy (non-hydrogen) atoms. The Balaban J connectivity index is 1.07. The Morgan fingerprint density at radius 2 is 1.00 bits per heavy atom. The highest BCUT2D eigenvalue weighted by Crippen LogP contribution is 2.53. The minimum absolute atomic E-state index is 0.0615. The zero-order chi connectivity index (χ0) is 46.8. The molecule has 1 N–H and O–H groups in total. The molecule has 3 aliphatic rings. The molecule has 0 saturated heterocycles. The van der Waals surface area contributed by atoms with Crippen LogP contribution < -0.4 is 21.1 Å². The summed E-state index contributed by atoms with van der Waals surface area (Å²) in [6.45, 7) is 14.0. The number of hydrogen-bond acceptors (Lipinski definition) is 2. The molecule has 0 bridgehead atoms. The average Bonchev–Trinajstić information content (AvgIpc) is 3.73. The first-order valence-electron chi connectivity index (χ1n) is 24.5. The standard InChI is InChI=1S/C66H53BN2/c1-40-18-10-13-23-48(40)46-34-54(53-33-43-21-11-12-22-44(43)35-60(53)68-47-29-30-57-51(37-47)49-24-14-16-26-55(49)65(57,3)4)64-63(36-46)69(61-31-28-45(32-41(61)2)42-19-8-7-9-20-42)62-39-58-52(38-59(62)67-64)50-25-15-17-27-56(50)66(58,5)6/h7-39,67-68H,1-6H3. The topological polar surface area (TPSA) is 15.3 Å². The van der Waals surface area contributed by atoms with E-state index in [1.54, 1.807) is 0 Å². The van der Waals surface area contributed by atoms with Crippen LogP contribution in [-0.2, 0) is 10.8 Å². The van der Waals surface area contributed by atoms with Gasteiger partial charge >= 0.3 is 0 Å². The van der Waals surface area contributed by atoms with Gasteiger partial charge in [-0.25, -0.2) is 0 Å². The third-order valence-electron chi connectivity index (χ3n) is 15.9. The van der Waals surface area contributed by atoms with E-state index in [4.69, 9.17) is 0 Å². The van der Waals surface area contributed by atoms with Crippen LogP contribution in [0.4, 0.5) is 28.4 Å². The lowest BCUT2D eigenvalue weighted by atomic mass is 9.57. The largest absolute Gasteiger partial charge is 0.355 e. The maximum atomic E-state index is 4.06. The number of aryl methyl sites for hydroxylation is 2. The highest BCUT2D eigenvalue weighted by Gasteiger charge is 2.39. The summed E-state index contributed by atoms with van der Waals surface area (Å²) in [7, 11) is 0.790. The summed E-state index contributed by atoms with van der Waals surface area (Å²) in [4.78, 5) is 2.61. The van der Waals surface area contributed by atoms with E-state index >= 15 is 0 Å². The van der Waals surface area contributed by atoms with E-state index in [0.29, 0.717) is 0 Å². The van der Waals surface area contributed by atoms with Crippen LogP contribution in [0.15, 0.2) is 200 Å². The second-order valence-corrected chi connectivity index (χ2v) is 20.7. The van der Waals surface area contributed by atoms with Crippen LogP contribution >= 0.6 is 0 Å². The van der Waals surface area contributed by atoms with E-state index in [9.17, 15) is 0 Å². The van der Waals surface area contributed by atoms with Gasteiger partial charge in [0.25, 0.3) is 0 Å². The monoisotopic (exact) mass is 884 g/mol. The van der Waals surface area contributed by atoms with E-state index < -0.39 is 0 Å². The quantitative estimate of drug-likeness (QED) is 0.167. The van der Waals surface area contributed by atoms with E-state index in [2.05, 4.69) is 252 Å². The molecule has 10 aromatic rings. The molecule has 2 nitrogen and oxygen atoms in total. The van der Waals surface area contributed by atoms with Crippen LogP contribution in [0, 0.1) is 13.8 Å². The summed E-state index contributed by atoms with van der Waals surface area (Å²) in [5.41, 5.74) is 28.9. The molecule has 0 amide bonds. The maximum Gasteiger partial charge on any atom is 0.198 e. The molecule has 0 saturated carbocycles. The predicted molar refractivity (Wildman–Crippen MR) is 296 cm³/mol. The minimum Gasteiger partial charge on any atom is -0.355 e. The molecule has 1 heterocycles. The summed E-state index contributed by atoms with van der Waals surface area (Å²) in [6.07, 6.45) is 0. The molecule has 0 spiro atoms. The summed E-state index contributed by atoms with van der Waals surface area (Å²) in [5, 5.41) is 6.49. The van der Waals surface area contributed by atoms with Gasteiger partial charge in [-0.15, -0.1) is 0 Å². The number of rotatable bonds is 6. The first-order valence-corrected chi connectivity index (χ1v) is 24.5. The van der Waals surface area contributed by atoms with Crippen LogP contribution in [0.25, 0.3) is 66.4 Å². The van der Waals surface area contributed by atoms with E-state index in [1.807, 2.05) is 0 Å². The van der Waals surface area contributed by atoms with Crippen molar-refractivity contribution in [1.29, 1.82) is 0 Å². The molecule has 1 aliphatic heterocycles. The third-order valence-corrected chi connectivity index (χ3v) is 15.9. The van der Waals surface area contributed by atoms with Gasteiger partial charge in [0.15, 0.2) is 7.28 Å². The second kappa shape index (κ2) is 15.3. The Hall–Kier alpha value is -7.88. The van der Waals surface area contributed by atoms with Gasteiger partial charge in [0.1, 0.15) is 0 Å². The molecule has 2 aliphatic carbocycles. The zero-order valence-corrected chi connectivity index (χ0v) is 40.2. The fourth-order valence-electron chi connectivity index (χ4n) is 12.3. The van der Waals surface area contributed by atoms with Crippen LogP contribution in [0.3, 0.4) is 0 Å². The molecule has 10 aromatic carbocycles. The predicted octanol–water partition coefficient (Wildman–Crippen LogP) is 16.0. The number of nitrogens with one attached hydrogen (secondary N) is 1. The SMILES string of the molecule is Cc1ccccc1-c1cc(-c2cc3ccccc3cc2Nc2ccc3c(c2)-c2ccccc2C3(C)C)c2c(c1)N(c1ccc(-c3ccccc3)cc1C)c1cc3c(cc1B2)-c1ccccc1C3(C)C.